The van der Waals surface area contributed by atoms with Crippen LogP contribution in [-0.4, -0.2) is 4.98 Å². The molecule has 0 amide bonds. The van der Waals surface area contributed by atoms with Gasteiger partial charge in [-0.25, -0.2) is 0 Å². The molecule has 1 fully saturated rings. The number of aromatic nitrogens is 1. The highest BCUT2D eigenvalue weighted by molar-refractivity contribution is 7.26. The number of hydrogen-bond acceptors (Lipinski definition) is 2. The molecule has 0 saturated heterocycles. The number of hydrogen-bond donors (Lipinski definition) is 0. The Bertz CT molecular complexity index is 3500. The zero-order chi connectivity index (χ0) is 37.9. The van der Waals surface area contributed by atoms with Crippen molar-refractivity contribution < 1.29 is 0 Å². The number of nitrogens with zero attached hydrogens (tertiary/aromatic N) is 1. The van der Waals surface area contributed by atoms with Crippen molar-refractivity contribution in [2.45, 2.75) is 12.3 Å². The van der Waals surface area contributed by atoms with E-state index < -0.39 is 0 Å². The molecule has 0 N–H and O–H groups in total. The molecule has 2 aromatic heterocycles. The van der Waals surface area contributed by atoms with E-state index in [0.29, 0.717) is 11.8 Å². The molecule has 1 unspecified atom stereocenters. The Morgan fingerprint density at radius 2 is 1.12 bits per heavy atom. The Morgan fingerprint density at radius 3 is 1.88 bits per heavy atom. The van der Waals surface area contributed by atoms with Gasteiger partial charge in [-0.05, 0) is 119 Å². The van der Waals surface area contributed by atoms with Gasteiger partial charge in [-0.15, -0.1) is 11.3 Å². The molecule has 1 saturated carbocycles. The smallest absolute Gasteiger partial charge is 0.0708 e. The molecule has 0 bridgehead atoms. The molecule has 0 radical (unpaired) electrons. The molecule has 1 nitrogen and oxygen atoms in total. The van der Waals surface area contributed by atoms with Crippen LogP contribution in [0.25, 0.3) is 114 Å². The summed E-state index contributed by atoms with van der Waals surface area (Å²) in [6.45, 7) is 0. The Balaban J connectivity index is 1.10. The van der Waals surface area contributed by atoms with Crippen molar-refractivity contribution in [3.05, 3.63) is 193 Å². The average molecular weight is 754 g/mol. The lowest BCUT2D eigenvalue weighted by Crippen LogP contribution is -2.02. The summed E-state index contributed by atoms with van der Waals surface area (Å²) in [6.07, 6.45) is 8.06. The minimum atomic E-state index is 0.571. The van der Waals surface area contributed by atoms with Crippen molar-refractivity contribution in [1.29, 1.82) is 0 Å². The third-order valence-corrected chi connectivity index (χ3v) is 14.2. The Labute approximate surface area is 340 Å². The SMILES string of the molecule is C1=CC2C[C@H]2c2c1c(-c1cccc3c1sc1cccc(-c4c5ccccc5c(-c5ccc6cccnc6c5)c5ccccc45)c13)c1ccccc1c2-c1ccccc1. The molecule has 270 valence electrons. The van der Waals surface area contributed by atoms with Gasteiger partial charge < -0.3 is 0 Å². The monoisotopic (exact) mass is 753 g/mol. The van der Waals surface area contributed by atoms with Crippen LogP contribution in [0.3, 0.4) is 0 Å². The lowest BCUT2D eigenvalue weighted by molar-refractivity contribution is 1.00. The maximum atomic E-state index is 4.74. The van der Waals surface area contributed by atoms with E-state index in [9.17, 15) is 0 Å². The molecule has 2 aliphatic rings. The van der Waals surface area contributed by atoms with E-state index in [1.54, 1.807) is 0 Å². The van der Waals surface area contributed by atoms with Crippen molar-refractivity contribution in [1.82, 2.24) is 4.98 Å². The highest BCUT2D eigenvalue weighted by atomic mass is 32.1. The summed E-state index contributed by atoms with van der Waals surface area (Å²) in [5, 5.41) is 11.5. The second-order valence-corrected chi connectivity index (χ2v) is 17.1. The van der Waals surface area contributed by atoms with Gasteiger partial charge in [-0.3, -0.25) is 4.98 Å². The second-order valence-electron chi connectivity index (χ2n) is 16.1. The lowest BCUT2D eigenvalue weighted by Gasteiger charge is -2.24. The molecule has 2 aliphatic carbocycles. The van der Waals surface area contributed by atoms with Gasteiger partial charge >= 0.3 is 0 Å². The van der Waals surface area contributed by atoms with Gasteiger partial charge in [0.15, 0.2) is 0 Å². The predicted octanol–water partition coefficient (Wildman–Crippen LogP) is 15.9. The van der Waals surface area contributed by atoms with Crippen LogP contribution in [0.15, 0.2) is 182 Å². The number of fused-ring (bicyclic) bond motifs is 10. The van der Waals surface area contributed by atoms with Gasteiger partial charge in [-0.2, -0.15) is 0 Å². The first-order valence-corrected chi connectivity index (χ1v) is 21.2. The lowest BCUT2D eigenvalue weighted by atomic mass is 9.80. The molecule has 2 heteroatoms. The van der Waals surface area contributed by atoms with Crippen LogP contribution in [0.2, 0.25) is 0 Å². The summed E-state index contributed by atoms with van der Waals surface area (Å²) in [6, 6.07) is 63.1. The number of pyridine rings is 1. The largest absolute Gasteiger partial charge is 0.256 e. The van der Waals surface area contributed by atoms with Gasteiger partial charge in [0.2, 0.25) is 0 Å². The molecule has 58 heavy (non-hydrogen) atoms. The second kappa shape index (κ2) is 12.3. The number of thiophene rings is 1. The molecule has 0 aliphatic heterocycles. The van der Waals surface area contributed by atoms with E-state index in [1.165, 1.54) is 115 Å². The van der Waals surface area contributed by atoms with E-state index in [1.807, 2.05) is 23.6 Å². The molecule has 0 spiro atoms. The highest BCUT2D eigenvalue weighted by Gasteiger charge is 2.43. The average Bonchev–Trinajstić information content (AvgIpc) is 3.99. The van der Waals surface area contributed by atoms with Crippen LogP contribution in [-0.2, 0) is 0 Å². The van der Waals surface area contributed by atoms with Gasteiger partial charge in [0.1, 0.15) is 0 Å². The highest BCUT2D eigenvalue weighted by Crippen LogP contribution is 2.59. The first-order valence-electron chi connectivity index (χ1n) is 20.4. The molecule has 9 aromatic carbocycles. The van der Waals surface area contributed by atoms with Crippen molar-refractivity contribution in [3.63, 3.8) is 0 Å². The third-order valence-electron chi connectivity index (χ3n) is 13.0. The maximum absolute atomic E-state index is 4.74. The Hall–Kier alpha value is -6.87. The summed E-state index contributed by atoms with van der Waals surface area (Å²) >= 11 is 1.94. The normalized spacial score (nSPS) is 15.8. The van der Waals surface area contributed by atoms with Crippen molar-refractivity contribution >= 4 is 80.8 Å². The molecule has 13 rings (SSSR count). The summed E-state index contributed by atoms with van der Waals surface area (Å²) in [4.78, 5) is 4.74. The van der Waals surface area contributed by atoms with Crippen LogP contribution < -0.4 is 0 Å². The quantitative estimate of drug-likeness (QED) is 0.163. The first kappa shape index (κ1) is 32.2. The van der Waals surface area contributed by atoms with Crippen LogP contribution >= 0.6 is 11.3 Å². The van der Waals surface area contributed by atoms with Gasteiger partial charge in [-0.1, -0.05) is 164 Å². The van der Waals surface area contributed by atoms with Crippen molar-refractivity contribution in [3.8, 4) is 44.5 Å². The summed E-state index contributed by atoms with van der Waals surface area (Å²) < 4.78 is 2.67. The van der Waals surface area contributed by atoms with Gasteiger partial charge in [0.05, 0.1) is 5.52 Å². The molecule has 2 atom stereocenters. The summed E-state index contributed by atoms with van der Waals surface area (Å²) in [7, 11) is 0. The van der Waals surface area contributed by atoms with E-state index >= 15 is 0 Å². The van der Waals surface area contributed by atoms with E-state index in [-0.39, 0.29) is 0 Å². The van der Waals surface area contributed by atoms with Crippen LogP contribution in [0, 0.1) is 5.92 Å². The van der Waals surface area contributed by atoms with E-state index in [2.05, 4.69) is 176 Å². The fourth-order valence-corrected chi connectivity index (χ4v) is 11.7. The molecular weight excluding hydrogens is 719 g/mol. The fraction of sp³-hybridized carbons (Fsp3) is 0.0536. The zero-order valence-corrected chi connectivity index (χ0v) is 32.4. The fourth-order valence-electron chi connectivity index (χ4n) is 10.4. The van der Waals surface area contributed by atoms with Crippen LogP contribution in [0.5, 0.6) is 0 Å². The predicted molar refractivity (Wildman–Crippen MR) is 249 cm³/mol. The summed E-state index contributed by atoms with van der Waals surface area (Å²) in [5.74, 6) is 1.21. The van der Waals surface area contributed by atoms with E-state index in [0.717, 1.165) is 10.9 Å². The standard InChI is InChI=1S/C56H35NS/c1-2-13-34(14-3-1)51-39-18-6-9-21-42(39)53(44-29-28-35-31-47(35)55(44)51)45-23-10-24-46-54-43(22-11-25-49(54)58-56(45)46)52-40-19-7-4-16-37(40)50(38-17-5-8-20-41(38)52)36-27-26-33-15-12-30-57-48(33)32-36/h1-30,32,35,47H,31H2/t35?,47-/m1/s1. The maximum Gasteiger partial charge on any atom is 0.0708 e. The zero-order valence-electron chi connectivity index (χ0n) is 31.6. The first-order chi connectivity index (χ1) is 28.8. The van der Waals surface area contributed by atoms with Crippen LogP contribution in [0.4, 0.5) is 0 Å². The topological polar surface area (TPSA) is 12.9 Å². The van der Waals surface area contributed by atoms with Gasteiger partial charge in [0.25, 0.3) is 0 Å². The van der Waals surface area contributed by atoms with Crippen molar-refractivity contribution in [2.24, 2.45) is 5.92 Å². The third kappa shape index (κ3) is 4.61. The Kier molecular flexibility index (Phi) is 6.84. The molecule has 11 aromatic rings. The minimum Gasteiger partial charge on any atom is -0.256 e. The van der Waals surface area contributed by atoms with Gasteiger partial charge in [0, 0.05) is 37.3 Å². The Morgan fingerprint density at radius 1 is 0.483 bits per heavy atom. The number of rotatable bonds is 4. The molecular formula is C56H35NS. The number of allylic oxidation sites excluding steroid dienone is 1. The van der Waals surface area contributed by atoms with Crippen molar-refractivity contribution in [2.75, 3.05) is 0 Å². The minimum absolute atomic E-state index is 0.571. The van der Waals surface area contributed by atoms with E-state index in [4.69, 9.17) is 4.98 Å². The number of benzene rings is 9. The summed E-state index contributed by atoms with van der Waals surface area (Å²) in [5.41, 5.74) is 14.4. The molecule has 2 heterocycles. The van der Waals surface area contributed by atoms with Crippen LogP contribution in [0.1, 0.15) is 23.5 Å².